The van der Waals surface area contributed by atoms with Crippen LogP contribution in [0.4, 0.5) is 5.69 Å². The maximum Gasteiger partial charge on any atom is 0.264 e. The van der Waals surface area contributed by atoms with Gasteiger partial charge in [0.1, 0.15) is 12.4 Å². The van der Waals surface area contributed by atoms with E-state index in [1.165, 1.54) is 11.8 Å². The maximum atomic E-state index is 12.5. The van der Waals surface area contributed by atoms with Gasteiger partial charge >= 0.3 is 0 Å². The Morgan fingerprint density at radius 3 is 2.47 bits per heavy atom. The lowest BCUT2D eigenvalue weighted by molar-refractivity contribution is -0.115. The van der Waals surface area contributed by atoms with Gasteiger partial charge in [-0.1, -0.05) is 62.2 Å². The molecule has 0 aliphatic carbocycles. The van der Waals surface area contributed by atoms with Gasteiger partial charge in [-0.15, -0.1) is 0 Å². The van der Waals surface area contributed by atoms with Crippen molar-refractivity contribution in [1.82, 2.24) is 5.32 Å². The lowest BCUT2D eigenvalue weighted by Gasteiger charge is -2.10. The van der Waals surface area contributed by atoms with Crippen LogP contribution in [-0.2, 0) is 11.4 Å². The van der Waals surface area contributed by atoms with Crippen molar-refractivity contribution >= 4 is 66.5 Å². The van der Waals surface area contributed by atoms with Crippen LogP contribution in [0.5, 0.6) is 5.75 Å². The van der Waals surface area contributed by atoms with Gasteiger partial charge in [0.15, 0.2) is 5.17 Å². The Labute approximate surface area is 195 Å². The molecule has 0 bridgehead atoms. The molecule has 1 saturated heterocycles. The van der Waals surface area contributed by atoms with E-state index in [0.29, 0.717) is 22.4 Å². The minimum Gasteiger partial charge on any atom is -0.488 e. The Morgan fingerprint density at radius 1 is 0.967 bits per heavy atom. The zero-order valence-electron chi connectivity index (χ0n) is 15.6. The first kappa shape index (κ1) is 20.9. The third-order valence-electron chi connectivity index (χ3n) is 4.20. The van der Waals surface area contributed by atoms with Crippen molar-refractivity contribution in [2.45, 2.75) is 6.61 Å². The van der Waals surface area contributed by atoms with E-state index in [1.807, 2.05) is 78.9 Å². The highest BCUT2D eigenvalue weighted by Gasteiger charge is 2.24. The van der Waals surface area contributed by atoms with E-state index in [0.717, 1.165) is 25.8 Å². The Kier molecular flexibility index (Phi) is 6.72. The summed E-state index contributed by atoms with van der Waals surface area (Å²) in [5.74, 6) is 0.533. The number of aliphatic imine (C=N–C) groups is 1. The molecule has 0 saturated carbocycles. The van der Waals surface area contributed by atoms with E-state index in [-0.39, 0.29) is 5.91 Å². The fraction of sp³-hybridized carbons (Fsp3) is 0.0435. The normalized spacial score (nSPS) is 16.1. The summed E-state index contributed by atoms with van der Waals surface area (Å²) < 4.78 is 7.91. The molecular formula is C23H16Br2N2O2S. The molecular weight excluding hydrogens is 528 g/mol. The standard InChI is InChI=1S/C23H16Br2N2O2S/c24-17-6-9-19(10-7-17)26-23-27-22(28)21(30-23)13-16-12-18(25)8-11-20(16)29-14-15-4-2-1-3-5-15/h1-13H,14H2,(H,26,27,28)/b21-13+. The molecule has 1 fully saturated rings. The van der Waals surface area contributed by atoms with E-state index < -0.39 is 0 Å². The summed E-state index contributed by atoms with van der Waals surface area (Å²) in [5, 5.41) is 3.37. The van der Waals surface area contributed by atoms with Crippen molar-refractivity contribution in [3.63, 3.8) is 0 Å². The largest absolute Gasteiger partial charge is 0.488 e. The smallest absolute Gasteiger partial charge is 0.264 e. The van der Waals surface area contributed by atoms with Gasteiger partial charge < -0.3 is 10.1 Å². The molecule has 30 heavy (non-hydrogen) atoms. The number of nitrogens with one attached hydrogen (secondary N) is 1. The summed E-state index contributed by atoms with van der Waals surface area (Å²) in [6, 6.07) is 23.3. The summed E-state index contributed by atoms with van der Waals surface area (Å²) in [7, 11) is 0. The number of carbonyl (C=O) groups excluding carboxylic acids is 1. The summed E-state index contributed by atoms with van der Waals surface area (Å²) in [6.07, 6.45) is 1.83. The highest BCUT2D eigenvalue weighted by atomic mass is 79.9. The highest BCUT2D eigenvalue weighted by Crippen LogP contribution is 2.32. The van der Waals surface area contributed by atoms with Gasteiger partial charge in [-0.3, -0.25) is 4.79 Å². The third kappa shape index (κ3) is 5.41. The Morgan fingerprint density at radius 2 is 1.70 bits per heavy atom. The van der Waals surface area contributed by atoms with Crippen LogP contribution < -0.4 is 10.1 Å². The molecule has 4 nitrogen and oxygen atoms in total. The van der Waals surface area contributed by atoms with Gasteiger partial charge in [-0.05, 0) is 65.9 Å². The molecule has 0 aromatic heterocycles. The van der Waals surface area contributed by atoms with Crippen molar-refractivity contribution in [2.24, 2.45) is 4.99 Å². The number of hydrogen-bond donors (Lipinski definition) is 1. The predicted molar refractivity (Wildman–Crippen MR) is 130 cm³/mol. The van der Waals surface area contributed by atoms with E-state index in [4.69, 9.17) is 4.74 Å². The quantitative estimate of drug-likeness (QED) is 0.365. The van der Waals surface area contributed by atoms with Gasteiger partial charge in [0.05, 0.1) is 10.6 Å². The van der Waals surface area contributed by atoms with Gasteiger partial charge in [-0.2, -0.15) is 0 Å². The van der Waals surface area contributed by atoms with Crippen LogP contribution in [0.1, 0.15) is 11.1 Å². The van der Waals surface area contributed by atoms with Crippen LogP contribution in [0.3, 0.4) is 0 Å². The topological polar surface area (TPSA) is 50.7 Å². The van der Waals surface area contributed by atoms with Crippen molar-refractivity contribution in [3.05, 3.63) is 97.8 Å². The summed E-state index contributed by atoms with van der Waals surface area (Å²) >= 11 is 8.21. The number of rotatable bonds is 5. The van der Waals surface area contributed by atoms with Gasteiger partial charge in [0.25, 0.3) is 5.91 Å². The Balaban J connectivity index is 1.55. The van der Waals surface area contributed by atoms with Crippen LogP contribution in [-0.4, -0.2) is 11.1 Å². The molecule has 0 spiro atoms. The molecule has 0 unspecified atom stereocenters. The van der Waals surface area contributed by atoms with Crippen LogP contribution in [0, 0.1) is 0 Å². The Hall–Kier alpha value is -2.35. The number of ether oxygens (including phenoxy) is 1. The molecule has 3 aromatic carbocycles. The van der Waals surface area contributed by atoms with Gasteiger partial charge in [0, 0.05) is 14.5 Å². The first-order chi connectivity index (χ1) is 14.6. The number of thioether (sulfide) groups is 1. The van der Waals surface area contributed by atoms with Crippen LogP contribution in [0.25, 0.3) is 6.08 Å². The van der Waals surface area contributed by atoms with Crippen molar-refractivity contribution in [1.29, 1.82) is 0 Å². The average molecular weight is 544 g/mol. The molecule has 4 rings (SSSR count). The number of nitrogens with zero attached hydrogens (tertiary/aromatic N) is 1. The van der Waals surface area contributed by atoms with E-state index in [2.05, 4.69) is 42.2 Å². The highest BCUT2D eigenvalue weighted by molar-refractivity contribution is 9.10. The molecule has 150 valence electrons. The first-order valence-electron chi connectivity index (χ1n) is 9.08. The van der Waals surface area contributed by atoms with Crippen LogP contribution in [0.15, 0.2) is 91.6 Å². The zero-order chi connectivity index (χ0) is 20.9. The second kappa shape index (κ2) is 9.64. The number of amides is 1. The number of benzene rings is 3. The fourth-order valence-electron chi connectivity index (χ4n) is 2.75. The first-order valence-corrected chi connectivity index (χ1v) is 11.5. The van der Waals surface area contributed by atoms with Crippen molar-refractivity contribution < 1.29 is 9.53 Å². The SMILES string of the molecule is O=C1NC(=Nc2ccc(Br)cc2)S/C1=C/c1cc(Br)ccc1OCc1ccccc1. The van der Waals surface area contributed by atoms with E-state index in [9.17, 15) is 4.79 Å². The fourth-order valence-corrected chi connectivity index (χ4v) is 4.23. The van der Waals surface area contributed by atoms with Crippen molar-refractivity contribution in [3.8, 4) is 5.75 Å². The third-order valence-corrected chi connectivity index (χ3v) is 6.14. The predicted octanol–water partition coefficient (Wildman–Crippen LogP) is 6.68. The van der Waals surface area contributed by atoms with Gasteiger partial charge in [0.2, 0.25) is 0 Å². The maximum absolute atomic E-state index is 12.5. The summed E-state index contributed by atoms with van der Waals surface area (Å²) in [5.41, 5.74) is 2.68. The molecule has 0 atom stereocenters. The number of carbonyl (C=O) groups is 1. The second-order valence-corrected chi connectivity index (χ2v) is 9.28. The average Bonchev–Trinajstić information content (AvgIpc) is 3.08. The number of hydrogen-bond acceptors (Lipinski definition) is 4. The van der Waals surface area contributed by atoms with Crippen LogP contribution >= 0.6 is 43.6 Å². The monoisotopic (exact) mass is 542 g/mol. The molecule has 0 radical (unpaired) electrons. The minimum absolute atomic E-state index is 0.176. The second-order valence-electron chi connectivity index (χ2n) is 6.41. The molecule has 7 heteroatoms. The molecule has 1 aliphatic rings. The molecule has 1 heterocycles. The summed E-state index contributed by atoms with van der Waals surface area (Å²) in [6.45, 7) is 0.453. The Bertz CT molecular complexity index is 1130. The summed E-state index contributed by atoms with van der Waals surface area (Å²) in [4.78, 5) is 17.5. The molecule has 3 aromatic rings. The van der Waals surface area contributed by atoms with E-state index in [1.54, 1.807) is 0 Å². The van der Waals surface area contributed by atoms with Gasteiger partial charge in [-0.25, -0.2) is 4.99 Å². The lowest BCUT2D eigenvalue weighted by atomic mass is 10.2. The molecule has 1 N–H and O–H groups in total. The van der Waals surface area contributed by atoms with Crippen LogP contribution in [0.2, 0.25) is 0 Å². The lowest BCUT2D eigenvalue weighted by Crippen LogP contribution is -2.19. The molecule has 1 amide bonds. The van der Waals surface area contributed by atoms with E-state index >= 15 is 0 Å². The zero-order valence-corrected chi connectivity index (χ0v) is 19.6. The molecule has 1 aliphatic heterocycles. The van der Waals surface area contributed by atoms with Crippen molar-refractivity contribution in [2.75, 3.05) is 0 Å². The number of amidine groups is 1. The minimum atomic E-state index is -0.176. The number of halogens is 2.